The molecule has 0 bridgehead atoms. The zero-order valence-corrected chi connectivity index (χ0v) is 13.8. The normalized spacial score (nSPS) is 18.4. The molecule has 0 radical (unpaired) electrons. The predicted molar refractivity (Wildman–Crippen MR) is 84.5 cm³/mol. The largest absolute Gasteiger partial charge is 0.464 e. The number of hydrogen-bond acceptors (Lipinski definition) is 5. The number of hydrogen-bond donors (Lipinski definition) is 1. The third-order valence-electron chi connectivity index (χ3n) is 3.96. The number of amides is 1. The molecule has 1 N–H and O–H groups in total. The van der Waals surface area contributed by atoms with Gasteiger partial charge < -0.3 is 14.4 Å². The van der Waals surface area contributed by atoms with Crippen LogP contribution in [0.25, 0.3) is 0 Å². The Bertz CT molecular complexity index is 479. The molecule has 1 aromatic heterocycles. The summed E-state index contributed by atoms with van der Waals surface area (Å²) in [6, 6.07) is 3.82. The number of aryl methyl sites for hydroxylation is 1. The van der Waals surface area contributed by atoms with Crippen molar-refractivity contribution in [1.82, 2.24) is 14.7 Å². The van der Waals surface area contributed by atoms with Crippen LogP contribution in [0.2, 0.25) is 0 Å². The summed E-state index contributed by atoms with van der Waals surface area (Å²) in [6.07, 6.45) is -0.295. The van der Waals surface area contributed by atoms with Gasteiger partial charge in [-0.1, -0.05) is 0 Å². The minimum absolute atomic E-state index is 0.109. The molecular formula is C16H27N3O3. The van der Waals surface area contributed by atoms with E-state index in [0.717, 1.165) is 37.7 Å². The molecule has 1 atom stereocenters. The van der Waals surface area contributed by atoms with Gasteiger partial charge in [-0.25, -0.2) is 0 Å². The second kappa shape index (κ2) is 7.76. The lowest BCUT2D eigenvalue weighted by molar-refractivity contribution is -0.132. The van der Waals surface area contributed by atoms with Gasteiger partial charge in [0.05, 0.1) is 19.2 Å². The highest BCUT2D eigenvalue weighted by atomic mass is 16.3. The van der Waals surface area contributed by atoms with Crippen LogP contribution in [0.3, 0.4) is 0 Å². The number of rotatable bonds is 6. The van der Waals surface area contributed by atoms with Crippen LogP contribution in [0.4, 0.5) is 0 Å². The number of carbonyl (C=O) groups is 1. The van der Waals surface area contributed by atoms with E-state index in [1.165, 1.54) is 0 Å². The van der Waals surface area contributed by atoms with Crippen molar-refractivity contribution in [2.24, 2.45) is 0 Å². The summed E-state index contributed by atoms with van der Waals surface area (Å²) >= 11 is 0. The van der Waals surface area contributed by atoms with Crippen molar-refractivity contribution in [3.8, 4) is 0 Å². The number of nitrogens with zero attached hydrogens (tertiary/aromatic N) is 3. The molecule has 1 aromatic rings. The Hall–Kier alpha value is -1.37. The maximum Gasteiger partial charge on any atom is 0.236 e. The van der Waals surface area contributed by atoms with Crippen LogP contribution in [0.5, 0.6) is 0 Å². The summed E-state index contributed by atoms with van der Waals surface area (Å²) in [5.41, 5.74) is 0. The van der Waals surface area contributed by atoms with E-state index in [1.807, 2.05) is 26.1 Å². The predicted octanol–water partition coefficient (Wildman–Crippen LogP) is 0.545. The van der Waals surface area contributed by atoms with Crippen molar-refractivity contribution in [3.05, 3.63) is 23.7 Å². The molecule has 1 amide bonds. The molecule has 124 valence electrons. The molecule has 0 aliphatic carbocycles. The molecule has 2 heterocycles. The van der Waals surface area contributed by atoms with Crippen LogP contribution in [-0.4, -0.2) is 78.1 Å². The average Bonchev–Trinajstić information content (AvgIpc) is 2.85. The first-order valence-electron chi connectivity index (χ1n) is 7.86. The maximum absolute atomic E-state index is 12.3. The second-order valence-corrected chi connectivity index (χ2v) is 6.19. The number of aliphatic hydroxyl groups is 1. The Morgan fingerprint density at radius 3 is 2.50 bits per heavy atom. The first-order chi connectivity index (χ1) is 10.4. The van der Waals surface area contributed by atoms with Gasteiger partial charge >= 0.3 is 0 Å². The topological polar surface area (TPSA) is 60.2 Å². The summed E-state index contributed by atoms with van der Waals surface area (Å²) in [4.78, 5) is 18.4. The number of furan rings is 1. The van der Waals surface area contributed by atoms with Gasteiger partial charge in [0.25, 0.3) is 0 Å². The monoisotopic (exact) mass is 309 g/mol. The molecule has 0 spiro atoms. The van der Waals surface area contributed by atoms with Crippen molar-refractivity contribution >= 4 is 5.91 Å². The van der Waals surface area contributed by atoms with E-state index in [2.05, 4.69) is 9.80 Å². The third-order valence-corrected chi connectivity index (χ3v) is 3.96. The van der Waals surface area contributed by atoms with Crippen molar-refractivity contribution < 1.29 is 14.3 Å². The van der Waals surface area contributed by atoms with E-state index in [0.29, 0.717) is 19.6 Å². The summed E-state index contributed by atoms with van der Waals surface area (Å²) in [6.45, 7) is 8.91. The van der Waals surface area contributed by atoms with Gasteiger partial charge in [0.15, 0.2) is 0 Å². The van der Waals surface area contributed by atoms with Gasteiger partial charge in [-0.3, -0.25) is 14.6 Å². The van der Waals surface area contributed by atoms with Crippen molar-refractivity contribution in [2.45, 2.75) is 26.5 Å². The van der Waals surface area contributed by atoms with Crippen molar-refractivity contribution in [2.75, 3.05) is 46.3 Å². The molecule has 1 aliphatic rings. The minimum atomic E-state index is -0.295. The molecule has 0 unspecified atom stereocenters. The van der Waals surface area contributed by atoms with Crippen LogP contribution in [0.1, 0.15) is 18.4 Å². The first kappa shape index (κ1) is 17.0. The molecule has 2 rings (SSSR count). The first-order valence-corrected chi connectivity index (χ1v) is 7.86. The molecular weight excluding hydrogens is 282 g/mol. The Morgan fingerprint density at radius 1 is 1.32 bits per heavy atom. The lowest BCUT2D eigenvalue weighted by atomic mass is 10.2. The third kappa shape index (κ3) is 5.12. The fourth-order valence-electron chi connectivity index (χ4n) is 2.71. The van der Waals surface area contributed by atoms with Crippen LogP contribution < -0.4 is 0 Å². The molecule has 0 aromatic carbocycles. The van der Waals surface area contributed by atoms with Gasteiger partial charge in [0.1, 0.15) is 11.5 Å². The van der Waals surface area contributed by atoms with Gasteiger partial charge in [-0.2, -0.15) is 0 Å². The summed E-state index contributed by atoms with van der Waals surface area (Å²) in [7, 11) is 1.81. The van der Waals surface area contributed by atoms with E-state index in [-0.39, 0.29) is 12.0 Å². The lowest BCUT2D eigenvalue weighted by Gasteiger charge is -2.35. The molecule has 6 heteroatoms. The van der Waals surface area contributed by atoms with Gasteiger partial charge in [0.2, 0.25) is 5.91 Å². The molecule has 1 aliphatic heterocycles. The number of β-amino-alcohol motifs (C(OH)–C–C–N with tert-alkyl or cyclic N) is 1. The highest BCUT2D eigenvalue weighted by Crippen LogP contribution is 2.09. The number of carbonyl (C=O) groups excluding carboxylic acids is 1. The zero-order chi connectivity index (χ0) is 16.1. The highest BCUT2D eigenvalue weighted by Gasteiger charge is 2.21. The van der Waals surface area contributed by atoms with E-state index >= 15 is 0 Å². The van der Waals surface area contributed by atoms with E-state index in [1.54, 1.807) is 11.8 Å². The Labute approximate surface area is 132 Å². The van der Waals surface area contributed by atoms with E-state index < -0.39 is 0 Å². The average molecular weight is 309 g/mol. The summed E-state index contributed by atoms with van der Waals surface area (Å²) in [5.74, 6) is 1.79. The lowest BCUT2D eigenvalue weighted by Crippen LogP contribution is -2.50. The highest BCUT2D eigenvalue weighted by molar-refractivity contribution is 5.77. The van der Waals surface area contributed by atoms with Gasteiger partial charge in [0, 0.05) is 39.8 Å². The number of likely N-dealkylation sites (N-methyl/N-ethyl adjacent to an activating group) is 1. The molecule has 22 heavy (non-hydrogen) atoms. The minimum Gasteiger partial charge on any atom is -0.464 e. The number of piperazine rings is 1. The fourth-order valence-corrected chi connectivity index (χ4v) is 2.71. The van der Waals surface area contributed by atoms with Crippen LogP contribution in [0.15, 0.2) is 16.5 Å². The Morgan fingerprint density at radius 2 is 1.95 bits per heavy atom. The SMILES string of the molecule is Cc1ccc(CN(C)C(=O)CN2CCN(C[C@@H](C)O)CC2)o1. The Balaban J connectivity index is 1.73. The van der Waals surface area contributed by atoms with E-state index in [9.17, 15) is 9.90 Å². The van der Waals surface area contributed by atoms with Crippen molar-refractivity contribution in [3.63, 3.8) is 0 Å². The van der Waals surface area contributed by atoms with E-state index in [4.69, 9.17) is 4.42 Å². The molecule has 0 saturated carbocycles. The second-order valence-electron chi connectivity index (χ2n) is 6.19. The van der Waals surface area contributed by atoms with Crippen molar-refractivity contribution in [1.29, 1.82) is 0 Å². The molecule has 6 nitrogen and oxygen atoms in total. The quantitative estimate of drug-likeness (QED) is 0.831. The van der Waals surface area contributed by atoms with Gasteiger partial charge in [-0.05, 0) is 26.0 Å². The van der Waals surface area contributed by atoms with Crippen LogP contribution in [0, 0.1) is 6.92 Å². The molecule has 1 saturated heterocycles. The maximum atomic E-state index is 12.3. The van der Waals surface area contributed by atoms with Gasteiger partial charge in [-0.15, -0.1) is 0 Å². The summed E-state index contributed by atoms with van der Waals surface area (Å²) < 4.78 is 5.51. The smallest absolute Gasteiger partial charge is 0.236 e. The van der Waals surface area contributed by atoms with Crippen LogP contribution in [-0.2, 0) is 11.3 Å². The van der Waals surface area contributed by atoms with Crippen LogP contribution >= 0.6 is 0 Å². The Kier molecular flexibility index (Phi) is 5.99. The standard InChI is InChI=1S/C16H27N3O3/c1-13(20)10-18-6-8-19(9-7-18)12-16(21)17(3)11-15-5-4-14(2)22-15/h4-5,13,20H,6-12H2,1-3H3/t13-/m1/s1. The summed E-state index contributed by atoms with van der Waals surface area (Å²) in [5, 5.41) is 9.41. The zero-order valence-electron chi connectivity index (χ0n) is 13.8. The fraction of sp³-hybridized carbons (Fsp3) is 0.688. The number of aliphatic hydroxyl groups excluding tert-OH is 1. The molecule has 1 fully saturated rings.